The van der Waals surface area contributed by atoms with Crippen molar-refractivity contribution in [1.82, 2.24) is 5.32 Å². The fourth-order valence-corrected chi connectivity index (χ4v) is 3.41. The third-order valence-electron chi connectivity index (χ3n) is 3.59. The molecule has 1 fully saturated rings. The summed E-state index contributed by atoms with van der Waals surface area (Å²) >= 11 is 1.95. The van der Waals surface area contributed by atoms with E-state index in [1.165, 1.54) is 24.4 Å². The van der Waals surface area contributed by atoms with Crippen molar-refractivity contribution in [2.45, 2.75) is 51.3 Å². The smallest absolute Gasteiger partial charge is 0.157 e. The molecule has 0 bridgehead atoms. The molecule has 0 aromatic carbocycles. The molecule has 0 spiro atoms. The van der Waals surface area contributed by atoms with Crippen LogP contribution in [0.5, 0.6) is 0 Å². The van der Waals surface area contributed by atoms with E-state index in [1.54, 1.807) is 0 Å². The Kier molecular flexibility index (Phi) is 3.60. The third kappa shape index (κ3) is 2.68. The summed E-state index contributed by atoms with van der Waals surface area (Å²) in [5, 5.41) is 5.53. The molecule has 86 valence electrons. The number of nitrogens with one attached hydrogen (secondary N) is 1. The minimum absolute atomic E-state index is 0.683. The molecule has 3 unspecified atom stereocenters. The summed E-state index contributed by atoms with van der Waals surface area (Å²) in [6.45, 7) is 7.93. The number of amidine groups is 1. The molecule has 3 heteroatoms. The molecule has 1 saturated carbocycles. The van der Waals surface area contributed by atoms with Crippen LogP contribution in [0.1, 0.15) is 40.0 Å². The summed E-state index contributed by atoms with van der Waals surface area (Å²) < 4.78 is 0. The van der Waals surface area contributed by atoms with Gasteiger partial charge in [0.2, 0.25) is 0 Å². The maximum atomic E-state index is 4.60. The summed E-state index contributed by atoms with van der Waals surface area (Å²) in [5.74, 6) is 1.56. The van der Waals surface area contributed by atoms with Gasteiger partial charge in [-0.15, -0.1) is 0 Å². The van der Waals surface area contributed by atoms with Gasteiger partial charge in [0, 0.05) is 11.3 Å². The molecule has 2 nitrogen and oxygen atoms in total. The van der Waals surface area contributed by atoms with E-state index in [2.05, 4.69) is 31.1 Å². The van der Waals surface area contributed by atoms with Gasteiger partial charge in [0.15, 0.2) is 5.17 Å². The molecule has 2 rings (SSSR count). The summed E-state index contributed by atoms with van der Waals surface area (Å²) in [6.07, 6.45) is 4.08. The molecule has 1 aliphatic heterocycles. The second-order valence-electron chi connectivity index (χ2n) is 5.21. The van der Waals surface area contributed by atoms with Crippen LogP contribution in [0.25, 0.3) is 0 Å². The lowest BCUT2D eigenvalue weighted by Gasteiger charge is -2.19. The van der Waals surface area contributed by atoms with E-state index in [0.29, 0.717) is 11.3 Å². The normalized spacial score (nSPS) is 36.0. The van der Waals surface area contributed by atoms with E-state index >= 15 is 0 Å². The third-order valence-corrected chi connectivity index (χ3v) is 5.06. The zero-order valence-electron chi connectivity index (χ0n) is 9.99. The van der Waals surface area contributed by atoms with Crippen molar-refractivity contribution in [3.63, 3.8) is 0 Å². The fourth-order valence-electron chi connectivity index (χ4n) is 2.34. The Hall–Kier alpha value is -0.180. The molecule has 0 amide bonds. The topological polar surface area (TPSA) is 24.4 Å². The van der Waals surface area contributed by atoms with Crippen molar-refractivity contribution < 1.29 is 0 Å². The minimum atomic E-state index is 0.683. The van der Waals surface area contributed by atoms with Crippen LogP contribution in [-0.2, 0) is 0 Å². The SMILES string of the molecule is CC(C)C1CN=C(NC2CCCC2C)S1. The number of hydrogen-bond acceptors (Lipinski definition) is 3. The van der Waals surface area contributed by atoms with Crippen LogP contribution < -0.4 is 5.32 Å². The van der Waals surface area contributed by atoms with Gasteiger partial charge in [0.05, 0.1) is 6.54 Å². The highest BCUT2D eigenvalue weighted by molar-refractivity contribution is 8.14. The zero-order valence-corrected chi connectivity index (χ0v) is 10.8. The Morgan fingerprint density at radius 1 is 1.40 bits per heavy atom. The van der Waals surface area contributed by atoms with E-state index in [-0.39, 0.29) is 0 Å². The highest BCUT2D eigenvalue weighted by atomic mass is 32.2. The summed E-state index contributed by atoms with van der Waals surface area (Å²) in [4.78, 5) is 4.60. The molecule has 0 radical (unpaired) electrons. The molecule has 0 aromatic rings. The number of thioether (sulfide) groups is 1. The van der Waals surface area contributed by atoms with Crippen molar-refractivity contribution in [3.05, 3.63) is 0 Å². The van der Waals surface area contributed by atoms with Crippen molar-refractivity contribution in [3.8, 4) is 0 Å². The molecule has 0 aromatic heterocycles. The fraction of sp³-hybridized carbons (Fsp3) is 0.917. The number of hydrogen-bond donors (Lipinski definition) is 1. The second kappa shape index (κ2) is 4.77. The first-order chi connectivity index (χ1) is 7.16. The van der Waals surface area contributed by atoms with Crippen molar-refractivity contribution in [1.29, 1.82) is 0 Å². The van der Waals surface area contributed by atoms with Crippen LogP contribution in [0.15, 0.2) is 4.99 Å². The quantitative estimate of drug-likeness (QED) is 0.783. The molecule has 0 saturated heterocycles. The first-order valence-corrected chi connectivity index (χ1v) is 7.02. The van der Waals surface area contributed by atoms with E-state index in [1.807, 2.05) is 11.8 Å². The van der Waals surface area contributed by atoms with Gasteiger partial charge < -0.3 is 5.32 Å². The average Bonchev–Trinajstić information content (AvgIpc) is 2.77. The lowest BCUT2D eigenvalue weighted by Crippen LogP contribution is -2.34. The molecule has 15 heavy (non-hydrogen) atoms. The highest BCUT2D eigenvalue weighted by Crippen LogP contribution is 2.29. The zero-order chi connectivity index (χ0) is 10.8. The lowest BCUT2D eigenvalue weighted by atomic mass is 10.1. The van der Waals surface area contributed by atoms with Crippen molar-refractivity contribution >= 4 is 16.9 Å². The summed E-state index contributed by atoms with van der Waals surface area (Å²) in [5.41, 5.74) is 0. The predicted octanol–water partition coefficient (Wildman–Crippen LogP) is 2.89. The molecule has 2 aliphatic rings. The monoisotopic (exact) mass is 226 g/mol. The van der Waals surface area contributed by atoms with Gasteiger partial charge in [-0.05, 0) is 24.7 Å². The first-order valence-electron chi connectivity index (χ1n) is 6.14. The van der Waals surface area contributed by atoms with E-state index in [9.17, 15) is 0 Å². The largest absolute Gasteiger partial charge is 0.362 e. The average molecular weight is 226 g/mol. The number of rotatable bonds is 2. The van der Waals surface area contributed by atoms with Gasteiger partial charge in [0.1, 0.15) is 0 Å². The maximum absolute atomic E-state index is 4.60. The standard InChI is InChI=1S/C12H22N2S/c1-8(2)11-7-13-12(15-11)14-10-6-4-5-9(10)3/h8-11H,4-7H2,1-3H3,(H,13,14). The van der Waals surface area contributed by atoms with Crippen LogP contribution >= 0.6 is 11.8 Å². The van der Waals surface area contributed by atoms with Gasteiger partial charge in [0.25, 0.3) is 0 Å². The van der Waals surface area contributed by atoms with Crippen LogP contribution in [0.4, 0.5) is 0 Å². The van der Waals surface area contributed by atoms with Crippen molar-refractivity contribution in [2.75, 3.05) is 6.54 Å². The Balaban J connectivity index is 1.81. The Labute approximate surface area is 97.3 Å². The molecule has 1 N–H and O–H groups in total. The lowest BCUT2D eigenvalue weighted by molar-refractivity contribution is 0.489. The van der Waals surface area contributed by atoms with Gasteiger partial charge >= 0.3 is 0 Å². The number of aliphatic imine (C=N–C) groups is 1. The van der Waals surface area contributed by atoms with Crippen LogP contribution in [0.2, 0.25) is 0 Å². The maximum Gasteiger partial charge on any atom is 0.157 e. The first kappa shape index (κ1) is 11.3. The van der Waals surface area contributed by atoms with E-state index in [4.69, 9.17) is 0 Å². The molecular weight excluding hydrogens is 204 g/mol. The van der Waals surface area contributed by atoms with Crippen LogP contribution in [0.3, 0.4) is 0 Å². The summed E-state index contributed by atoms with van der Waals surface area (Å²) in [6, 6.07) is 0.683. The Morgan fingerprint density at radius 3 is 2.73 bits per heavy atom. The van der Waals surface area contributed by atoms with E-state index in [0.717, 1.165) is 18.4 Å². The second-order valence-corrected chi connectivity index (χ2v) is 6.43. The van der Waals surface area contributed by atoms with Gasteiger partial charge in [-0.1, -0.05) is 39.0 Å². The molecular formula is C12H22N2S. The minimum Gasteiger partial charge on any atom is -0.362 e. The van der Waals surface area contributed by atoms with Gasteiger partial charge in [-0.2, -0.15) is 0 Å². The van der Waals surface area contributed by atoms with Crippen molar-refractivity contribution in [2.24, 2.45) is 16.8 Å². The van der Waals surface area contributed by atoms with Crippen LogP contribution in [-0.4, -0.2) is 23.0 Å². The summed E-state index contributed by atoms with van der Waals surface area (Å²) in [7, 11) is 0. The van der Waals surface area contributed by atoms with Gasteiger partial charge in [-0.3, -0.25) is 4.99 Å². The Morgan fingerprint density at radius 2 is 2.20 bits per heavy atom. The molecule has 1 aliphatic carbocycles. The van der Waals surface area contributed by atoms with Gasteiger partial charge in [-0.25, -0.2) is 0 Å². The number of nitrogens with zero attached hydrogens (tertiary/aromatic N) is 1. The highest BCUT2D eigenvalue weighted by Gasteiger charge is 2.28. The molecule has 3 atom stereocenters. The van der Waals surface area contributed by atoms with Crippen LogP contribution in [0, 0.1) is 11.8 Å². The Bertz CT molecular complexity index is 250. The molecule has 1 heterocycles. The van der Waals surface area contributed by atoms with E-state index < -0.39 is 0 Å². The predicted molar refractivity (Wildman–Crippen MR) is 68.5 cm³/mol.